The van der Waals surface area contributed by atoms with Gasteiger partial charge in [-0.2, -0.15) is 0 Å². The fourth-order valence-corrected chi connectivity index (χ4v) is 4.27. The topological polar surface area (TPSA) is 85.6 Å². The second kappa shape index (κ2) is 8.66. The molecule has 2 aromatic carbocycles. The highest BCUT2D eigenvalue weighted by molar-refractivity contribution is 7.91. The number of amides is 1. The van der Waals surface area contributed by atoms with Gasteiger partial charge in [-0.25, -0.2) is 13.9 Å². The molecule has 1 heterocycles. The normalized spacial score (nSPS) is 12.4. The molecule has 3 rings (SSSR count). The Morgan fingerprint density at radius 2 is 1.63 bits per heavy atom. The molecule has 1 amide bonds. The molecule has 3 aromatic rings. The summed E-state index contributed by atoms with van der Waals surface area (Å²) in [5.41, 5.74) is 3.19. The van der Waals surface area contributed by atoms with E-state index in [1.807, 2.05) is 30.3 Å². The molecule has 0 aliphatic rings. The largest absolute Gasteiger partial charge is 0.468 e. The molecule has 0 radical (unpaired) electrons. The first kappa shape index (κ1) is 18.9. The predicted octanol–water partition coefficient (Wildman–Crippen LogP) is 3.43. The zero-order chi connectivity index (χ0) is 19.1. The number of furan rings is 1. The highest BCUT2D eigenvalue weighted by Gasteiger charge is 2.33. The molecule has 1 atom stereocenters. The lowest BCUT2D eigenvalue weighted by Gasteiger charge is -2.15. The molecule has 6 nitrogen and oxygen atoms in total. The number of hydrogen-bond acceptors (Lipinski definition) is 5. The van der Waals surface area contributed by atoms with Crippen molar-refractivity contribution in [2.75, 3.05) is 0 Å². The van der Waals surface area contributed by atoms with Gasteiger partial charge in [-0.3, -0.25) is 9.63 Å². The number of rotatable bonds is 8. The zero-order valence-corrected chi connectivity index (χ0v) is 15.3. The van der Waals surface area contributed by atoms with E-state index in [2.05, 4.69) is 5.48 Å². The number of carbonyl (C=O) groups is 1. The predicted molar refractivity (Wildman–Crippen MR) is 99.1 cm³/mol. The number of benzene rings is 2. The summed E-state index contributed by atoms with van der Waals surface area (Å²) in [6.45, 7) is 0.184. The van der Waals surface area contributed by atoms with Gasteiger partial charge in [0.15, 0.2) is 9.84 Å². The van der Waals surface area contributed by atoms with Gasteiger partial charge in [0.05, 0.1) is 24.2 Å². The third-order valence-electron chi connectivity index (χ3n) is 3.95. The van der Waals surface area contributed by atoms with Gasteiger partial charge in [0.2, 0.25) is 5.91 Å². The molecule has 0 saturated carbocycles. The van der Waals surface area contributed by atoms with Crippen LogP contribution in [0.3, 0.4) is 0 Å². The third kappa shape index (κ3) is 4.84. The van der Waals surface area contributed by atoms with Gasteiger partial charge in [-0.1, -0.05) is 48.5 Å². The van der Waals surface area contributed by atoms with Gasteiger partial charge in [-0.05, 0) is 29.8 Å². The van der Waals surface area contributed by atoms with E-state index in [0.29, 0.717) is 0 Å². The maximum Gasteiger partial charge on any atom is 0.245 e. The van der Waals surface area contributed by atoms with Crippen molar-refractivity contribution in [1.82, 2.24) is 5.48 Å². The van der Waals surface area contributed by atoms with Crippen molar-refractivity contribution < 1.29 is 22.5 Å². The van der Waals surface area contributed by atoms with Gasteiger partial charge in [-0.15, -0.1) is 0 Å². The Kier molecular flexibility index (Phi) is 6.05. The smallest absolute Gasteiger partial charge is 0.245 e. The summed E-state index contributed by atoms with van der Waals surface area (Å²) >= 11 is 0. The van der Waals surface area contributed by atoms with Crippen molar-refractivity contribution in [3.63, 3.8) is 0 Å². The van der Waals surface area contributed by atoms with Crippen molar-refractivity contribution in [1.29, 1.82) is 0 Å². The van der Waals surface area contributed by atoms with Crippen molar-refractivity contribution in [3.05, 3.63) is 90.4 Å². The molecule has 140 valence electrons. The van der Waals surface area contributed by atoms with Gasteiger partial charge in [0.25, 0.3) is 0 Å². The molecule has 1 N–H and O–H groups in total. The summed E-state index contributed by atoms with van der Waals surface area (Å²) < 4.78 is 31.2. The fraction of sp³-hybridized carbons (Fsp3) is 0.150. The molecule has 0 saturated heterocycles. The van der Waals surface area contributed by atoms with Crippen molar-refractivity contribution in [2.24, 2.45) is 0 Å². The Hall–Kier alpha value is -2.90. The Morgan fingerprint density at radius 1 is 0.963 bits per heavy atom. The van der Waals surface area contributed by atoms with Crippen LogP contribution in [0.1, 0.15) is 23.0 Å². The first-order valence-electron chi connectivity index (χ1n) is 8.34. The van der Waals surface area contributed by atoms with Gasteiger partial charge < -0.3 is 4.42 Å². The number of nitrogens with one attached hydrogen (secondary N) is 1. The van der Waals surface area contributed by atoms with Crippen molar-refractivity contribution in [2.45, 2.75) is 23.2 Å². The van der Waals surface area contributed by atoms with E-state index in [-0.39, 0.29) is 23.7 Å². The van der Waals surface area contributed by atoms with Gasteiger partial charge in [0.1, 0.15) is 11.0 Å². The highest BCUT2D eigenvalue weighted by Crippen LogP contribution is 2.32. The van der Waals surface area contributed by atoms with Gasteiger partial charge >= 0.3 is 0 Å². The first-order chi connectivity index (χ1) is 13.1. The van der Waals surface area contributed by atoms with Crippen LogP contribution in [-0.4, -0.2) is 14.3 Å². The number of hydroxylamine groups is 1. The molecule has 27 heavy (non-hydrogen) atoms. The molecule has 0 spiro atoms. The van der Waals surface area contributed by atoms with E-state index in [4.69, 9.17) is 9.25 Å². The van der Waals surface area contributed by atoms with Crippen LogP contribution >= 0.6 is 0 Å². The molecular weight excluding hydrogens is 366 g/mol. The van der Waals surface area contributed by atoms with E-state index < -0.39 is 21.0 Å². The molecular formula is C20H19NO5S. The first-order valence-corrected chi connectivity index (χ1v) is 9.89. The van der Waals surface area contributed by atoms with Crippen LogP contribution in [0.2, 0.25) is 0 Å². The Labute approximate surface area is 157 Å². The lowest BCUT2D eigenvalue weighted by Crippen LogP contribution is -2.27. The highest BCUT2D eigenvalue weighted by atomic mass is 32.2. The maximum absolute atomic E-state index is 13.0. The van der Waals surface area contributed by atoms with Crippen LogP contribution in [0, 0.1) is 0 Å². The SMILES string of the molecule is O=C(CC(c1ccco1)S(=O)(=O)c1ccccc1)NOCc1ccccc1. The number of sulfone groups is 1. The Morgan fingerprint density at radius 3 is 2.26 bits per heavy atom. The number of hydrogen-bond donors (Lipinski definition) is 1. The molecule has 0 aliphatic heterocycles. The number of carbonyl (C=O) groups excluding carboxylic acids is 1. The molecule has 0 aliphatic carbocycles. The van der Waals surface area contributed by atoms with Gasteiger partial charge in [0, 0.05) is 0 Å². The van der Waals surface area contributed by atoms with Crippen molar-refractivity contribution >= 4 is 15.7 Å². The average Bonchev–Trinajstić information content (AvgIpc) is 3.22. The summed E-state index contributed by atoms with van der Waals surface area (Å²) in [6, 6.07) is 20.4. The summed E-state index contributed by atoms with van der Waals surface area (Å²) in [6.07, 6.45) is 1.06. The minimum atomic E-state index is -3.81. The quantitative estimate of drug-likeness (QED) is 0.601. The molecule has 1 unspecified atom stereocenters. The van der Waals surface area contributed by atoms with Crippen LogP contribution < -0.4 is 5.48 Å². The lowest BCUT2D eigenvalue weighted by atomic mass is 10.2. The molecule has 1 aromatic heterocycles. The second-order valence-electron chi connectivity index (χ2n) is 5.87. The molecule has 0 bridgehead atoms. The summed E-state index contributed by atoms with van der Waals surface area (Å²) in [7, 11) is -3.81. The van der Waals surface area contributed by atoms with Crippen LogP contribution in [0.25, 0.3) is 0 Å². The maximum atomic E-state index is 13.0. The Bertz CT molecular complexity index is 954. The van der Waals surface area contributed by atoms with Crippen molar-refractivity contribution in [3.8, 4) is 0 Å². The van der Waals surface area contributed by atoms with E-state index in [9.17, 15) is 13.2 Å². The molecule has 7 heteroatoms. The summed E-state index contributed by atoms with van der Waals surface area (Å²) in [5, 5.41) is -1.14. The molecule has 0 fully saturated rings. The zero-order valence-electron chi connectivity index (χ0n) is 14.4. The van der Waals surface area contributed by atoms with E-state index in [1.165, 1.54) is 18.4 Å². The Balaban J connectivity index is 1.70. The monoisotopic (exact) mass is 385 g/mol. The standard InChI is InChI=1S/C20H19NO5S/c22-20(21-26-15-16-8-3-1-4-9-16)14-19(18-12-7-13-25-18)27(23,24)17-10-5-2-6-11-17/h1-13,19H,14-15H2,(H,21,22). The minimum absolute atomic E-state index is 0.129. The van der Waals surface area contributed by atoms with Crippen LogP contribution in [0.4, 0.5) is 0 Å². The van der Waals surface area contributed by atoms with Crippen LogP contribution in [0.5, 0.6) is 0 Å². The van der Waals surface area contributed by atoms with E-state index in [1.54, 1.807) is 30.3 Å². The average molecular weight is 385 g/mol. The second-order valence-corrected chi connectivity index (χ2v) is 8.00. The minimum Gasteiger partial charge on any atom is -0.468 e. The van der Waals surface area contributed by atoms with E-state index in [0.717, 1.165) is 5.56 Å². The fourth-order valence-electron chi connectivity index (χ4n) is 2.60. The third-order valence-corrected chi connectivity index (χ3v) is 6.02. The lowest BCUT2D eigenvalue weighted by molar-refractivity contribution is -0.134. The van der Waals surface area contributed by atoms with Crippen LogP contribution in [-0.2, 0) is 26.1 Å². The summed E-state index contributed by atoms with van der Waals surface area (Å²) in [4.78, 5) is 17.6. The summed E-state index contributed by atoms with van der Waals surface area (Å²) in [5.74, 6) is -0.344. The van der Waals surface area contributed by atoms with Crippen LogP contribution in [0.15, 0.2) is 88.4 Å². The van der Waals surface area contributed by atoms with E-state index >= 15 is 0 Å².